The SMILES string of the molecule is C=C(Cl)N=NCC. The van der Waals surface area contributed by atoms with E-state index >= 15 is 0 Å². The van der Waals surface area contributed by atoms with Crippen LogP contribution < -0.4 is 0 Å². The average molecular weight is 119 g/mol. The van der Waals surface area contributed by atoms with Gasteiger partial charge in [0.1, 0.15) is 5.16 Å². The summed E-state index contributed by atoms with van der Waals surface area (Å²) >= 11 is 5.20. The van der Waals surface area contributed by atoms with E-state index in [4.69, 9.17) is 11.6 Å². The van der Waals surface area contributed by atoms with E-state index in [1.165, 1.54) is 0 Å². The zero-order valence-corrected chi connectivity index (χ0v) is 4.94. The van der Waals surface area contributed by atoms with Crippen LogP contribution in [-0.4, -0.2) is 6.54 Å². The normalized spacial score (nSPS) is 10.0. The second kappa shape index (κ2) is 3.81. The van der Waals surface area contributed by atoms with Gasteiger partial charge in [0.15, 0.2) is 0 Å². The van der Waals surface area contributed by atoms with E-state index in [1.807, 2.05) is 6.92 Å². The second-order valence-electron chi connectivity index (χ2n) is 0.934. The second-order valence-corrected chi connectivity index (χ2v) is 1.37. The van der Waals surface area contributed by atoms with Crippen molar-refractivity contribution in [1.29, 1.82) is 0 Å². The highest BCUT2D eigenvalue weighted by molar-refractivity contribution is 6.28. The summed E-state index contributed by atoms with van der Waals surface area (Å²) in [4.78, 5) is 0. The lowest BCUT2D eigenvalue weighted by molar-refractivity contribution is 0.995. The van der Waals surface area contributed by atoms with E-state index < -0.39 is 0 Å². The molecule has 0 saturated carbocycles. The van der Waals surface area contributed by atoms with Gasteiger partial charge in [0.25, 0.3) is 0 Å². The van der Waals surface area contributed by atoms with Crippen molar-refractivity contribution in [3.63, 3.8) is 0 Å². The molecule has 0 aromatic carbocycles. The molecule has 2 nitrogen and oxygen atoms in total. The lowest BCUT2D eigenvalue weighted by Crippen LogP contribution is -1.61. The van der Waals surface area contributed by atoms with Crippen LogP contribution in [0, 0.1) is 0 Å². The first-order valence-corrected chi connectivity index (χ1v) is 2.37. The van der Waals surface area contributed by atoms with Gasteiger partial charge in [-0.1, -0.05) is 18.2 Å². The van der Waals surface area contributed by atoms with E-state index in [9.17, 15) is 0 Å². The standard InChI is InChI=1S/C4H7ClN2/c1-3-6-7-4(2)5/h2-3H2,1H3. The molecule has 0 spiro atoms. The van der Waals surface area contributed by atoms with Gasteiger partial charge < -0.3 is 0 Å². The topological polar surface area (TPSA) is 24.7 Å². The van der Waals surface area contributed by atoms with E-state index in [0.717, 1.165) is 0 Å². The lowest BCUT2D eigenvalue weighted by atomic mass is 10.8. The first kappa shape index (κ1) is 6.63. The highest BCUT2D eigenvalue weighted by atomic mass is 35.5. The molecular weight excluding hydrogens is 112 g/mol. The van der Waals surface area contributed by atoms with Crippen LogP contribution in [0.15, 0.2) is 22.0 Å². The fourth-order valence-corrected chi connectivity index (χ4v) is 0.201. The Balaban J connectivity index is 3.26. The van der Waals surface area contributed by atoms with Crippen LogP contribution in [0.2, 0.25) is 0 Å². The molecule has 3 heteroatoms. The van der Waals surface area contributed by atoms with Crippen molar-refractivity contribution >= 4 is 11.6 Å². The summed E-state index contributed by atoms with van der Waals surface area (Å²) in [6.07, 6.45) is 0. The van der Waals surface area contributed by atoms with Gasteiger partial charge >= 0.3 is 0 Å². The molecule has 0 aliphatic carbocycles. The quantitative estimate of drug-likeness (QED) is 0.392. The van der Waals surface area contributed by atoms with Gasteiger partial charge in [-0.05, 0) is 6.92 Å². The molecule has 7 heavy (non-hydrogen) atoms. The molecule has 40 valence electrons. The van der Waals surface area contributed by atoms with Crippen LogP contribution in [0.1, 0.15) is 6.92 Å². The van der Waals surface area contributed by atoms with E-state index in [1.54, 1.807) is 0 Å². The Labute approximate surface area is 47.9 Å². The Bertz CT molecular complexity index is 87.7. The molecule has 0 aliphatic rings. The number of nitrogens with zero attached hydrogens (tertiary/aromatic N) is 2. The summed E-state index contributed by atoms with van der Waals surface area (Å²) in [6, 6.07) is 0. The third-order valence-corrected chi connectivity index (χ3v) is 0.396. The minimum absolute atomic E-state index is 0.238. The molecule has 0 atom stereocenters. The molecule has 0 aromatic heterocycles. The zero-order valence-electron chi connectivity index (χ0n) is 4.19. The highest BCUT2D eigenvalue weighted by Crippen LogP contribution is 1.96. The highest BCUT2D eigenvalue weighted by Gasteiger charge is 1.72. The molecule has 0 heterocycles. The fourth-order valence-electron chi connectivity index (χ4n) is 0.147. The molecule has 0 aromatic rings. The van der Waals surface area contributed by atoms with E-state index in [-0.39, 0.29) is 5.16 Å². The van der Waals surface area contributed by atoms with Crippen molar-refractivity contribution in [3.8, 4) is 0 Å². The first-order chi connectivity index (χ1) is 3.27. The maximum absolute atomic E-state index is 5.20. The van der Waals surface area contributed by atoms with Gasteiger partial charge in [-0.3, -0.25) is 0 Å². The van der Waals surface area contributed by atoms with E-state index in [2.05, 4.69) is 16.8 Å². The van der Waals surface area contributed by atoms with Crippen molar-refractivity contribution in [3.05, 3.63) is 11.7 Å². The van der Waals surface area contributed by atoms with Crippen LogP contribution >= 0.6 is 11.6 Å². The summed E-state index contributed by atoms with van der Waals surface area (Å²) in [7, 11) is 0. The van der Waals surface area contributed by atoms with Crippen molar-refractivity contribution in [2.75, 3.05) is 6.54 Å². The molecule has 0 unspecified atom stereocenters. The molecule has 0 bridgehead atoms. The third kappa shape index (κ3) is 5.63. The minimum Gasteiger partial charge on any atom is -0.188 e. The van der Waals surface area contributed by atoms with Crippen molar-refractivity contribution in [2.45, 2.75) is 6.92 Å². The maximum atomic E-state index is 5.20. The smallest absolute Gasteiger partial charge is 0.144 e. The van der Waals surface area contributed by atoms with Gasteiger partial charge in [0.05, 0.1) is 6.54 Å². The molecule has 0 radical (unpaired) electrons. The summed E-state index contributed by atoms with van der Waals surface area (Å²) in [5.74, 6) is 0. The zero-order chi connectivity index (χ0) is 5.70. The number of halogens is 1. The largest absolute Gasteiger partial charge is 0.188 e. The number of rotatable bonds is 2. The van der Waals surface area contributed by atoms with E-state index in [0.29, 0.717) is 6.54 Å². The Morgan fingerprint density at radius 1 is 1.86 bits per heavy atom. The Morgan fingerprint density at radius 3 is 2.57 bits per heavy atom. The molecule has 0 amide bonds. The summed E-state index contributed by atoms with van der Waals surface area (Å²) in [5.41, 5.74) is 0. The van der Waals surface area contributed by atoms with Crippen LogP contribution in [0.5, 0.6) is 0 Å². The van der Waals surface area contributed by atoms with Gasteiger partial charge in [-0.15, -0.1) is 5.11 Å². The van der Waals surface area contributed by atoms with Crippen LogP contribution in [0.4, 0.5) is 0 Å². The van der Waals surface area contributed by atoms with Gasteiger partial charge in [-0.2, -0.15) is 5.11 Å². The van der Waals surface area contributed by atoms with Gasteiger partial charge in [0, 0.05) is 0 Å². The predicted molar refractivity (Wildman–Crippen MR) is 30.4 cm³/mol. The predicted octanol–water partition coefficient (Wildman–Crippen LogP) is 2.17. The number of hydrogen-bond donors (Lipinski definition) is 0. The molecule has 0 saturated heterocycles. The fraction of sp³-hybridized carbons (Fsp3) is 0.500. The van der Waals surface area contributed by atoms with Gasteiger partial charge in [0.2, 0.25) is 0 Å². The van der Waals surface area contributed by atoms with Crippen molar-refractivity contribution < 1.29 is 0 Å². The molecule has 0 rings (SSSR count). The molecule has 0 aliphatic heterocycles. The Morgan fingerprint density at radius 2 is 2.43 bits per heavy atom. The molecule has 0 N–H and O–H groups in total. The number of azo groups is 1. The van der Waals surface area contributed by atoms with Crippen molar-refractivity contribution in [1.82, 2.24) is 0 Å². The van der Waals surface area contributed by atoms with Crippen LogP contribution in [-0.2, 0) is 0 Å². The first-order valence-electron chi connectivity index (χ1n) is 1.99. The minimum atomic E-state index is 0.238. The van der Waals surface area contributed by atoms with Crippen LogP contribution in [0.3, 0.4) is 0 Å². The van der Waals surface area contributed by atoms with Crippen LogP contribution in [0.25, 0.3) is 0 Å². The summed E-state index contributed by atoms with van der Waals surface area (Å²) in [6.45, 7) is 5.83. The number of hydrogen-bond acceptors (Lipinski definition) is 2. The average Bonchev–Trinajstić information content (AvgIpc) is 1.61. The maximum Gasteiger partial charge on any atom is 0.144 e. The van der Waals surface area contributed by atoms with Gasteiger partial charge in [-0.25, -0.2) is 0 Å². The Hall–Kier alpha value is -0.370. The molecule has 0 fully saturated rings. The summed E-state index contributed by atoms with van der Waals surface area (Å²) < 4.78 is 0. The third-order valence-electron chi connectivity index (χ3n) is 0.321. The molecular formula is C4H7ClN2. The van der Waals surface area contributed by atoms with Crippen molar-refractivity contribution in [2.24, 2.45) is 10.2 Å². The summed E-state index contributed by atoms with van der Waals surface area (Å²) in [5, 5.41) is 7.24. The Kier molecular flexibility index (Phi) is 3.61. The lowest BCUT2D eigenvalue weighted by Gasteiger charge is -1.76. The monoisotopic (exact) mass is 118 g/mol.